The Morgan fingerprint density at radius 1 is 1.31 bits per heavy atom. The van der Waals surface area contributed by atoms with Crippen LogP contribution in [0.25, 0.3) is 0 Å². The van der Waals surface area contributed by atoms with Crippen molar-refractivity contribution in [3.05, 3.63) is 30.1 Å². The molecule has 0 radical (unpaired) electrons. The molecule has 0 fully saturated rings. The Morgan fingerprint density at radius 3 is 2.38 bits per heavy atom. The maximum absolute atomic E-state index is 12.6. The lowest BCUT2D eigenvalue weighted by Gasteiger charge is -2.09. The van der Waals surface area contributed by atoms with E-state index in [1.54, 1.807) is 0 Å². The van der Waals surface area contributed by atoms with Crippen LogP contribution < -0.4 is 4.72 Å². The molecule has 0 amide bonds. The van der Waals surface area contributed by atoms with Crippen LogP contribution in [0, 0.1) is 5.82 Å². The van der Waals surface area contributed by atoms with Crippen molar-refractivity contribution in [2.75, 3.05) is 13.2 Å². The summed E-state index contributed by atoms with van der Waals surface area (Å²) in [4.78, 5) is -0.0981. The summed E-state index contributed by atoms with van der Waals surface area (Å²) in [6.07, 6.45) is -1.16. The summed E-state index contributed by atoms with van der Waals surface area (Å²) < 4.78 is 37.7. The van der Waals surface area contributed by atoms with E-state index in [9.17, 15) is 12.8 Å². The van der Waals surface area contributed by atoms with Crippen LogP contribution in [0.4, 0.5) is 4.39 Å². The van der Waals surface area contributed by atoms with Gasteiger partial charge in [-0.2, -0.15) is 0 Å². The molecule has 0 aliphatic heterocycles. The van der Waals surface area contributed by atoms with E-state index in [1.807, 2.05) is 0 Å². The molecule has 5 nitrogen and oxygen atoms in total. The summed E-state index contributed by atoms with van der Waals surface area (Å²) >= 11 is 0. The van der Waals surface area contributed by atoms with E-state index in [0.717, 1.165) is 24.3 Å². The highest BCUT2D eigenvalue weighted by atomic mass is 32.2. The molecule has 1 aromatic rings. The molecule has 0 spiro atoms. The van der Waals surface area contributed by atoms with Crippen LogP contribution in [0.5, 0.6) is 0 Å². The first-order valence-electron chi connectivity index (χ1n) is 4.50. The van der Waals surface area contributed by atoms with Crippen molar-refractivity contribution >= 4 is 10.0 Å². The lowest BCUT2D eigenvalue weighted by Crippen LogP contribution is -2.33. The minimum Gasteiger partial charge on any atom is -0.394 e. The number of benzene rings is 1. The summed E-state index contributed by atoms with van der Waals surface area (Å²) in [5.41, 5.74) is 0. The van der Waals surface area contributed by atoms with Crippen LogP contribution in [0.3, 0.4) is 0 Å². The van der Waals surface area contributed by atoms with Crippen molar-refractivity contribution in [3.63, 3.8) is 0 Å². The maximum atomic E-state index is 12.6. The summed E-state index contributed by atoms with van der Waals surface area (Å²) in [5.74, 6) is -0.533. The van der Waals surface area contributed by atoms with Crippen LogP contribution in [0.1, 0.15) is 0 Å². The molecule has 0 aromatic heterocycles. The quantitative estimate of drug-likeness (QED) is 0.654. The molecular formula is C9H12FNO4S. The summed E-state index contributed by atoms with van der Waals surface area (Å²) in [7, 11) is -3.77. The third-order valence-corrected chi connectivity index (χ3v) is 3.28. The lowest BCUT2D eigenvalue weighted by molar-refractivity contribution is 0.0988. The molecular weight excluding hydrogens is 237 g/mol. The summed E-state index contributed by atoms with van der Waals surface area (Å²) in [5, 5.41) is 17.5. The van der Waals surface area contributed by atoms with E-state index < -0.39 is 28.6 Å². The SMILES string of the molecule is O=S(=O)(NCC(O)CO)c1ccc(F)cc1. The Kier molecular flexibility index (Phi) is 4.36. The van der Waals surface area contributed by atoms with Gasteiger partial charge in [0.15, 0.2) is 0 Å². The van der Waals surface area contributed by atoms with Crippen LogP contribution in [-0.4, -0.2) is 37.9 Å². The number of aliphatic hydroxyl groups is 2. The molecule has 0 saturated carbocycles. The van der Waals surface area contributed by atoms with Gasteiger partial charge in [-0.3, -0.25) is 0 Å². The number of rotatable bonds is 5. The lowest BCUT2D eigenvalue weighted by atomic mass is 10.4. The predicted octanol–water partition coefficient (Wildman–Crippen LogP) is -0.543. The average molecular weight is 249 g/mol. The average Bonchev–Trinajstić information content (AvgIpc) is 2.26. The zero-order chi connectivity index (χ0) is 12.2. The van der Waals surface area contributed by atoms with E-state index in [-0.39, 0.29) is 11.4 Å². The number of aliphatic hydroxyl groups excluding tert-OH is 2. The number of hydrogen-bond acceptors (Lipinski definition) is 4. The Labute approximate surface area is 92.6 Å². The number of sulfonamides is 1. The fourth-order valence-electron chi connectivity index (χ4n) is 0.968. The highest BCUT2D eigenvalue weighted by Crippen LogP contribution is 2.09. The number of hydrogen-bond donors (Lipinski definition) is 3. The van der Waals surface area contributed by atoms with Gasteiger partial charge in [0, 0.05) is 6.54 Å². The van der Waals surface area contributed by atoms with Crippen molar-refractivity contribution < 1.29 is 23.0 Å². The first kappa shape index (κ1) is 13.0. The highest BCUT2D eigenvalue weighted by Gasteiger charge is 2.15. The van der Waals surface area contributed by atoms with Crippen molar-refractivity contribution in [2.45, 2.75) is 11.0 Å². The number of halogens is 1. The van der Waals surface area contributed by atoms with Gasteiger partial charge in [0.1, 0.15) is 5.82 Å². The molecule has 0 aliphatic carbocycles. The summed E-state index contributed by atoms with van der Waals surface area (Å²) in [6.45, 7) is -0.831. The monoisotopic (exact) mass is 249 g/mol. The zero-order valence-corrected chi connectivity index (χ0v) is 9.11. The van der Waals surface area contributed by atoms with Gasteiger partial charge >= 0.3 is 0 Å². The van der Waals surface area contributed by atoms with Gasteiger partial charge < -0.3 is 10.2 Å². The minimum atomic E-state index is -3.77. The maximum Gasteiger partial charge on any atom is 0.240 e. The molecule has 1 atom stereocenters. The van der Waals surface area contributed by atoms with Gasteiger partial charge in [-0.1, -0.05) is 0 Å². The van der Waals surface area contributed by atoms with Gasteiger partial charge in [0.05, 0.1) is 17.6 Å². The Morgan fingerprint density at radius 2 is 1.88 bits per heavy atom. The Hall–Kier alpha value is -1.02. The van der Waals surface area contributed by atoms with Crippen LogP contribution in [0.15, 0.2) is 29.2 Å². The van der Waals surface area contributed by atoms with Crippen molar-refractivity contribution in [3.8, 4) is 0 Å². The van der Waals surface area contributed by atoms with Gasteiger partial charge in [-0.25, -0.2) is 17.5 Å². The first-order valence-corrected chi connectivity index (χ1v) is 5.98. The van der Waals surface area contributed by atoms with Crippen molar-refractivity contribution in [2.24, 2.45) is 0 Å². The van der Waals surface area contributed by atoms with Gasteiger partial charge in [-0.15, -0.1) is 0 Å². The first-order chi connectivity index (χ1) is 7.45. The molecule has 0 heterocycles. The molecule has 0 bridgehead atoms. The molecule has 1 unspecified atom stereocenters. The van der Waals surface area contributed by atoms with Gasteiger partial charge in [0.2, 0.25) is 10.0 Å². The smallest absolute Gasteiger partial charge is 0.240 e. The zero-order valence-electron chi connectivity index (χ0n) is 8.30. The standard InChI is InChI=1S/C9H12FNO4S/c10-7-1-3-9(4-2-7)16(14,15)11-5-8(13)6-12/h1-4,8,11-13H,5-6H2. The molecule has 1 aromatic carbocycles. The topological polar surface area (TPSA) is 86.6 Å². The van der Waals surface area contributed by atoms with Crippen LogP contribution in [-0.2, 0) is 10.0 Å². The molecule has 16 heavy (non-hydrogen) atoms. The molecule has 3 N–H and O–H groups in total. The van der Waals surface area contributed by atoms with Crippen LogP contribution in [0.2, 0.25) is 0 Å². The Bertz CT molecular complexity index is 431. The molecule has 0 aliphatic rings. The second-order valence-corrected chi connectivity index (χ2v) is 4.91. The third kappa shape index (κ3) is 3.53. The van der Waals surface area contributed by atoms with E-state index in [4.69, 9.17) is 10.2 Å². The van der Waals surface area contributed by atoms with Gasteiger partial charge in [0.25, 0.3) is 0 Å². The van der Waals surface area contributed by atoms with Crippen molar-refractivity contribution in [1.82, 2.24) is 4.72 Å². The predicted molar refractivity (Wildman–Crippen MR) is 54.7 cm³/mol. The fraction of sp³-hybridized carbons (Fsp3) is 0.333. The molecule has 0 saturated heterocycles. The second-order valence-electron chi connectivity index (χ2n) is 3.14. The van der Waals surface area contributed by atoms with E-state index in [1.165, 1.54) is 0 Å². The molecule has 90 valence electrons. The largest absolute Gasteiger partial charge is 0.394 e. The number of nitrogens with one attached hydrogen (secondary N) is 1. The second kappa shape index (κ2) is 5.35. The van der Waals surface area contributed by atoms with E-state index >= 15 is 0 Å². The molecule has 1 rings (SSSR count). The van der Waals surface area contributed by atoms with Crippen LogP contribution >= 0.6 is 0 Å². The molecule has 7 heteroatoms. The third-order valence-electron chi connectivity index (χ3n) is 1.84. The normalized spacial score (nSPS) is 13.7. The van der Waals surface area contributed by atoms with E-state index in [2.05, 4.69) is 4.72 Å². The van der Waals surface area contributed by atoms with Crippen molar-refractivity contribution in [1.29, 1.82) is 0 Å². The fourth-order valence-corrected chi connectivity index (χ4v) is 2.04. The van der Waals surface area contributed by atoms with Gasteiger partial charge in [-0.05, 0) is 24.3 Å². The minimum absolute atomic E-state index is 0.0981. The summed E-state index contributed by atoms with van der Waals surface area (Å²) in [6, 6.07) is 4.28. The van der Waals surface area contributed by atoms with E-state index in [0.29, 0.717) is 0 Å². The Balaban J connectivity index is 2.74. The highest BCUT2D eigenvalue weighted by molar-refractivity contribution is 7.89.